The van der Waals surface area contributed by atoms with Crippen molar-refractivity contribution in [2.24, 2.45) is 0 Å². The number of aromatic nitrogens is 2. The third-order valence-electron chi connectivity index (χ3n) is 5.98. The van der Waals surface area contributed by atoms with Gasteiger partial charge in [0.05, 0.1) is 23.6 Å². The van der Waals surface area contributed by atoms with E-state index in [2.05, 4.69) is 16.5 Å². The van der Waals surface area contributed by atoms with E-state index >= 15 is 0 Å². The SMILES string of the molecule is Cc1nn(Cc2c(Cl)cccc2Cl)c(C)c1NC(=O)c1ccc(COc2ccc3ccccc3c2)o1. The third-order valence-corrected chi connectivity index (χ3v) is 6.69. The van der Waals surface area contributed by atoms with Crippen LogP contribution in [-0.2, 0) is 13.2 Å². The summed E-state index contributed by atoms with van der Waals surface area (Å²) >= 11 is 12.6. The van der Waals surface area contributed by atoms with Crippen molar-refractivity contribution >= 4 is 45.6 Å². The van der Waals surface area contributed by atoms with Crippen molar-refractivity contribution in [3.05, 3.63) is 111 Å². The molecule has 0 bridgehead atoms. The van der Waals surface area contributed by atoms with Gasteiger partial charge in [-0.3, -0.25) is 9.48 Å². The largest absolute Gasteiger partial charge is 0.486 e. The third kappa shape index (κ3) is 4.96. The lowest BCUT2D eigenvalue weighted by Gasteiger charge is -2.09. The maximum absolute atomic E-state index is 12.9. The van der Waals surface area contributed by atoms with Gasteiger partial charge < -0.3 is 14.5 Å². The molecule has 2 heterocycles. The van der Waals surface area contributed by atoms with Crippen LogP contribution in [-0.4, -0.2) is 15.7 Å². The number of nitrogens with zero attached hydrogens (tertiary/aromatic N) is 2. The number of halogens is 2. The van der Waals surface area contributed by atoms with Gasteiger partial charge in [-0.05, 0) is 61.0 Å². The number of aryl methyl sites for hydroxylation is 1. The second-order valence-corrected chi connectivity index (χ2v) is 9.24. The van der Waals surface area contributed by atoms with Gasteiger partial charge in [0.15, 0.2) is 5.76 Å². The van der Waals surface area contributed by atoms with Gasteiger partial charge in [0.1, 0.15) is 18.1 Å². The highest BCUT2D eigenvalue weighted by Crippen LogP contribution is 2.28. The molecule has 1 amide bonds. The summed E-state index contributed by atoms with van der Waals surface area (Å²) in [6, 6.07) is 22.7. The number of rotatable bonds is 7. The van der Waals surface area contributed by atoms with Gasteiger partial charge in [-0.1, -0.05) is 59.6 Å². The first-order chi connectivity index (χ1) is 17.4. The first-order valence-corrected chi connectivity index (χ1v) is 12.1. The van der Waals surface area contributed by atoms with E-state index in [0.717, 1.165) is 27.8 Å². The predicted octanol–water partition coefficient (Wildman–Crippen LogP) is 7.43. The van der Waals surface area contributed by atoms with Crippen molar-refractivity contribution in [1.29, 1.82) is 0 Å². The molecule has 0 fully saturated rings. The van der Waals surface area contributed by atoms with E-state index in [0.29, 0.717) is 33.7 Å². The first-order valence-electron chi connectivity index (χ1n) is 11.4. The number of anilines is 1. The molecule has 182 valence electrons. The monoisotopic (exact) mass is 519 g/mol. The first kappa shape index (κ1) is 24.0. The molecule has 0 saturated heterocycles. The molecule has 8 heteroatoms. The molecule has 0 aliphatic rings. The minimum absolute atomic E-state index is 0.188. The van der Waals surface area contributed by atoms with Crippen molar-refractivity contribution in [3.8, 4) is 5.75 Å². The summed E-state index contributed by atoms with van der Waals surface area (Å²) in [5.74, 6) is 1.10. The summed E-state index contributed by atoms with van der Waals surface area (Å²) < 4.78 is 13.4. The highest BCUT2D eigenvalue weighted by molar-refractivity contribution is 6.36. The van der Waals surface area contributed by atoms with E-state index in [9.17, 15) is 4.79 Å². The topological polar surface area (TPSA) is 69.3 Å². The molecule has 0 spiro atoms. The van der Waals surface area contributed by atoms with Gasteiger partial charge in [-0.15, -0.1) is 0 Å². The van der Waals surface area contributed by atoms with Crippen LogP contribution in [0.3, 0.4) is 0 Å². The van der Waals surface area contributed by atoms with Crippen molar-refractivity contribution < 1.29 is 13.9 Å². The van der Waals surface area contributed by atoms with Crippen LogP contribution in [0.4, 0.5) is 5.69 Å². The zero-order valence-corrected chi connectivity index (χ0v) is 21.2. The van der Waals surface area contributed by atoms with E-state index in [4.69, 9.17) is 32.4 Å². The van der Waals surface area contributed by atoms with Crippen LogP contribution in [0.5, 0.6) is 5.75 Å². The Morgan fingerprint density at radius 2 is 1.72 bits per heavy atom. The Bertz CT molecular complexity index is 1550. The van der Waals surface area contributed by atoms with Crippen LogP contribution in [0.15, 0.2) is 77.2 Å². The van der Waals surface area contributed by atoms with Gasteiger partial charge in [-0.2, -0.15) is 5.10 Å². The molecule has 6 nitrogen and oxygen atoms in total. The van der Waals surface area contributed by atoms with E-state index in [1.165, 1.54) is 0 Å². The number of nitrogens with one attached hydrogen (secondary N) is 1. The molecule has 0 radical (unpaired) electrons. The van der Waals surface area contributed by atoms with E-state index in [1.807, 2.05) is 50.2 Å². The molecular formula is C28H23Cl2N3O3. The quantitative estimate of drug-likeness (QED) is 0.242. The van der Waals surface area contributed by atoms with Crippen LogP contribution in [0.25, 0.3) is 10.8 Å². The summed E-state index contributed by atoms with van der Waals surface area (Å²) in [5, 5.41) is 10.8. The highest BCUT2D eigenvalue weighted by atomic mass is 35.5. The second kappa shape index (κ2) is 10.1. The van der Waals surface area contributed by atoms with Crippen LogP contribution < -0.4 is 10.1 Å². The average Bonchev–Trinajstić information content (AvgIpc) is 3.45. The summed E-state index contributed by atoms with van der Waals surface area (Å²) in [7, 11) is 0. The number of carbonyl (C=O) groups is 1. The van der Waals surface area contributed by atoms with Crippen molar-refractivity contribution in [3.63, 3.8) is 0 Å². The Balaban J connectivity index is 1.26. The van der Waals surface area contributed by atoms with Crippen LogP contribution >= 0.6 is 23.2 Å². The summed E-state index contributed by atoms with van der Waals surface area (Å²) in [6.45, 7) is 4.31. The molecule has 0 aliphatic carbocycles. The lowest BCUT2D eigenvalue weighted by Crippen LogP contribution is -2.12. The summed E-state index contributed by atoms with van der Waals surface area (Å²) in [6.07, 6.45) is 0. The highest BCUT2D eigenvalue weighted by Gasteiger charge is 2.19. The molecular weight excluding hydrogens is 497 g/mol. The number of amides is 1. The number of fused-ring (bicyclic) bond motifs is 1. The number of ether oxygens (including phenoxy) is 1. The fourth-order valence-corrected chi connectivity index (χ4v) is 4.55. The maximum Gasteiger partial charge on any atom is 0.291 e. The standard InChI is InChI=1S/C28H23Cl2N3O3/c1-17-27(18(2)33(32-17)15-23-24(29)8-5-9-25(23)30)31-28(34)26-13-12-22(36-26)16-35-21-11-10-19-6-3-4-7-20(19)14-21/h3-14H,15-16H2,1-2H3,(H,31,34). The van der Waals surface area contributed by atoms with Gasteiger partial charge >= 0.3 is 0 Å². The zero-order chi connectivity index (χ0) is 25.2. The van der Waals surface area contributed by atoms with Crippen LogP contribution in [0, 0.1) is 13.8 Å². The lowest BCUT2D eigenvalue weighted by molar-refractivity contribution is 0.0992. The molecule has 5 rings (SSSR count). The van der Waals surface area contributed by atoms with E-state index in [1.54, 1.807) is 35.0 Å². The second-order valence-electron chi connectivity index (χ2n) is 8.42. The Kier molecular flexibility index (Phi) is 6.72. The number of carbonyl (C=O) groups excluding carboxylic acids is 1. The minimum atomic E-state index is -0.367. The normalized spacial score (nSPS) is 11.1. The molecule has 36 heavy (non-hydrogen) atoms. The van der Waals surface area contributed by atoms with Crippen molar-refractivity contribution in [1.82, 2.24) is 9.78 Å². The Morgan fingerprint density at radius 1 is 0.972 bits per heavy atom. The van der Waals surface area contributed by atoms with Gasteiger partial charge in [0.2, 0.25) is 0 Å². The van der Waals surface area contributed by atoms with E-state index in [-0.39, 0.29) is 18.3 Å². The number of furan rings is 1. The van der Waals surface area contributed by atoms with Crippen molar-refractivity contribution in [2.45, 2.75) is 27.0 Å². The number of benzene rings is 3. The average molecular weight is 520 g/mol. The fourth-order valence-electron chi connectivity index (χ4n) is 4.03. The molecule has 2 aromatic heterocycles. The molecule has 0 atom stereocenters. The minimum Gasteiger partial charge on any atom is -0.486 e. The molecule has 3 aromatic carbocycles. The fraction of sp³-hybridized carbons (Fsp3) is 0.143. The molecule has 1 N–H and O–H groups in total. The van der Waals surface area contributed by atoms with E-state index < -0.39 is 0 Å². The number of hydrogen-bond acceptors (Lipinski definition) is 4. The van der Waals surface area contributed by atoms with Gasteiger partial charge in [0.25, 0.3) is 5.91 Å². The van der Waals surface area contributed by atoms with Crippen LogP contribution in [0.1, 0.15) is 33.3 Å². The lowest BCUT2D eigenvalue weighted by atomic mass is 10.1. The summed E-state index contributed by atoms with van der Waals surface area (Å²) in [4.78, 5) is 12.9. The van der Waals surface area contributed by atoms with Crippen LogP contribution in [0.2, 0.25) is 10.0 Å². The Hall–Kier alpha value is -3.74. The van der Waals surface area contributed by atoms with Gasteiger partial charge in [-0.25, -0.2) is 0 Å². The summed E-state index contributed by atoms with van der Waals surface area (Å²) in [5.41, 5.74) is 2.85. The molecule has 0 aliphatic heterocycles. The van der Waals surface area contributed by atoms with Crippen molar-refractivity contribution in [2.75, 3.05) is 5.32 Å². The zero-order valence-electron chi connectivity index (χ0n) is 19.7. The molecule has 0 saturated carbocycles. The molecule has 0 unspecified atom stereocenters. The predicted molar refractivity (Wildman–Crippen MR) is 142 cm³/mol. The Labute approximate surface area is 218 Å². The maximum atomic E-state index is 12.9. The molecule has 5 aromatic rings. The number of hydrogen-bond donors (Lipinski definition) is 1. The Morgan fingerprint density at radius 3 is 2.50 bits per heavy atom. The van der Waals surface area contributed by atoms with Gasteiger partial charge in [0, 0.05) is 15.6 Å². The smallest absolute Gasteiger partial charge is 0.291 e.